The number of hydrogen-bond donors (Lipinski definition) is 2. The third-order valence-corrected chi connectivity index (χ3v) is 8.38. The molecule has 0 unspecified atom stereocenters. The van der Waals surface area contributed by atoms with Gasteiger partial charge in [0, 0.05) is 17.3 Å². The first kappa shape index (κ1) is 27.6. The number of anilines is 1. The van der Waals surface area contributed by atoms with E-state index >= 15 is 0 Å². The van der Waals surface area contributed by atoms with Gasteiger partial charge in [-0.1, -0.05) is 0 Å². The average molecular weight is 558 g/mol. The maximum absolute atomic E-state index is 13.4. The quantitative estimate of drug-likeness (QED) is 0.366. The van der Waals surface area contributed by atoms with Gasteiger partial charge >= 0.3 is 18.0 Å². The van der Waals surface area contributed by atoms with Crippen LogP contribution in [0.4, 0.5) is 9.80 Å². The Kier molecular flexibility index (Phi) is 8.08. The molecule has 202 valence electrons. The highest BCUT2D eigenvalue weighted by atomic mass is 32.1. The predicted molar refractivity (Wildman–Crippen MR) is 147 cm³/mol. The summed E-state index contributed by atoms with van der Waals surface area (Å²) in [5, 5.41) is 5.91. The number of imide groups is 1. The summed E-state index contributed by atoms with van der Waals surface area (Å²) in [6, 6.07) is 2.82. The van der Waals surface area contributed by atoms with Crippen LogP contribution in [-0.2, 0) is 22.3 Å². The Morgan fingerprint density at radius 3 is 2.34 bits per heavy atom. The lowest BCUT2D eigenvalue weighted by atomic mass is 9.95. The molecule has 0 aliphatic heterocycles. The Bertz CT molecular complexity index is 1380. The minimum Gasteiger partial charge on any atom is -0.462 e. The molecule has 0 saturated carbocycles. The molecule has 3 aromatic heterocycles. The van der Waals surface area contributed by atoms with Gasteiger partial charge in [0.25, 0.3) is 5.91 Å². The maximum Gasteiger partial charge on any atom is 0.349 e. The first-order valence-corrected chi connectivity index (χ1v) is 14.1. The molecule has 0 aromatic carbocycles. The fourth-order valence-electron chi connectivity index (χ4n) is 4.31. The van der Waals surface area contributed by atoms with Crippen LogP contribution in [0.3, 0.4) is 0 Å². The highest BCUT2D eigenvalue weighted by Crippen LogP contribution is 2.39. The monoisotopic (exact) mass is 557 g/mol. The summed E-state index contributed by atoms with van der Waals surface area (Å²) in [6.07, 6.45) is 7.05. The summed E-state index contributed by atoms with van der Waals surface area (Å²) in [5.74, 6) is -1.70. The molecule has 9 nitrogen and oxygen atoms in total. The number of amides is 3. The third-order valence-electron chi connectivity index (χ3n) is 5.88. The molecule has 3 aromatic rings. The van der Waals surface area contributed by atoms with Crippen LogP contribution in [-0.4, -0.2) is 40.7 Å². The van der Waals surface area contributed by atoms with Gasteiger partial charge in [-0.25, -0.2) is 14.4 Å². The van der Waals surface area contributed by atoms with Gasteiger partial charge in [0.2, 0.25) is 0 Å². The number of urea groups is 1. The number of esters is 2. The summed E-state index contributed by atoms with van der Waals surface area (Å²) >= 11 is 2.46. The second-order valence-electron chi connectivity index (χ2n) is 9.87. The summed E-state index contributed by atoms with van der Waals surface area (Å²) in [6.45, 7) is 8.91. The standard InChI is InChI=1S/C27H31N3O6S2/c1-6-35-24(32)19-16-11-7-8-12-17(16)37-22(19)29-26(34)28-21(31)18-15(2)20(25(33)36-27(3,4)5)38-23(18)30-13-9-10-14-30/h9-10,13-14H,6-8,11-12H2,1-5H3,(H2,28,29,31,34). The van der Waals surface area contributed by atoms with Crippen molar-refractivity contribution < 1.29 is 28.7 Å². The van der Waals surface area contributed by atoms with Crippen LogP contribution in [0, 0.1) is 6.92 Å². The summed E-state index contributed by atoms with van der Waals surface area (Å²) in [5.41, 5.74) is 1.17. The van der Waals surface area contributed by atoms with E-state index in [0.29, 0.717) is 21.1 Å². The molecular weight excluding hydrogens is 526 g/mol. The first-order valence-electron chi connectivity index (χ1n) is 12.4. The van der Waals surface area contributed by atoms with E-state index in [1.165, 1.54) is 11.3 Å². The fraction of sp³-hybridized carbons (Fsp3) is 0.407. The lowest BCUT2D eigenvalue weighted by Gasteiger charge is -2.19. The van der Waals surface area contributed by atoms with Gasteiger partial charge in [0.15, 0.2) is 0 Å². The number of nitrogens with zero attached hydrogens (tertiary/aromatic N) is 1. The number of rotatable bonds is 6. The Morgan fingerprint density at radius 1 is 1.00 bits per heavy atom. The van der Waals surface area contributed by atoms with Crippen molar-refractivity contribution in [1.29, 1.82) is 0 Å². The second kappa shape index (κ2) is 11.1. The number of nitrogens with one attached hydrogen (secondary N) is 2. The SMILES string of the molecule is CCOC(=O)c1c(NC(=O)NC(=O)c2c(-n3cccc3)sc(C(=O)OC(C)(C)C)c2C)sc2c1CCCC2. The average Bonchev–Trinajstić information content (AvgIpc) is 3.54. The van der Waals surface area contributed by atoms with Crippen molar-refractivity contribution in [1.82, 2.24) is 9.88 Å². The van der Waals surface area contributed by atoms with Gasteiger partial charge in [0.05, 0.1) is 17.7 Å². The van der Waals surface area contributed by atoms with E-state index in [0.717, 1.165) is 47.5 Å². The Balaban J connectivity index is 1.62. The van der Waals surface area contributed by atoms with Crippen LogP contribution in [0.15, 0.2) is 24.5 Å². The van der Waals surface area contributed by atoms with E-state index in [1.54, 1.807) is 63.7 Å². The van der Waals surface area contributed by atoms with Gasteiger partial charge in [-0.3, -0.25) is 15.4 Å². The molecule has 0 atom stereocenters. The lowest BCUT2D eigenvalue weighted by molar-refractivity contribution is 0.00742. The Morgan fingerprint density at radius 2 is 1.68 bits per heavy atom. The molecule has 11 heteroatoms. The minimum absolute atomic E-state index is 0.193. The summed E-state index contributed by atoms with van der Waals surface area (Å²) in [4.78, 5) is 53.3. The predicted octanol–water partition coefficient (Wildman–Crippen LogP) is 5.88. The molecule has 3 heterocycles. The van der Waals surface area contributed by atoms with Crippen LogP contribution in [0.5, 0.6) is 0 Å². The summed E-state index contributed by atoms with van der Waals surface area (Å²) < 4.78 is 12.5. The van der Waals surface area contributed by atoms with Crippen molar-refractivity contribution in [2.45, 2.75) is 65.9 Å². The Hall–Kier alpha value is -3.44. The molecular formula is C27H31N3O6S2. The topological polar surface area (TPSA) is 116 Å². The van der Waals surface area contributed by atoms with Gasteiger partial charge in [-0.2, -0.15) is 0 Å². The fourth-order valence-corrected chi connectivity index (χ4v) is 6.73. The largest absolute Gasteiger partial charge is 0.462 e. The van der Waals surface area contributed by atoms with Crippen molar-refractivity contribution in [3.63, 3.8) is 0 Å². The van der Waals surface area contributed by atoms with Gasteiger partial charge in [-0.15, -0.1) is 22.7 Å². The van der Waals surface area contributed by atoms with Crippen molar-refractivity contribution in [3.8, 4) is 5.00 Å². The number of aryl methyl sites for hydroxylation is 1. The maximum atomic E-state index is 13.4. The zero-order valence-electron chi connectivity index (χ0n) is 22.1. The van der Waals surface area contributed by atoms with E-state index in [9.17, 15) is 19.2 Å². The first-order chi connectivity index (χ1) is 18.0. The lowest BCUT2D eigenvalue weighted by Crippen LogP contribution is -2.35. The van der Waals surface area contributed by atoms with Crippen LogP contribution < -0.4 is 10.6 Å². The molecule has 38 heavy (non-hydrogen) atoms. The molecule has 0 saturated heterocycles. The van der Waals surface area contributed by atoms with Crippen LogP contribution >= 0.6 is 22.7 Å². The van der Waals surface area contributed by atoms with Crippen molar-refractivity contribution >= 4 is 51.6 Å². The Labute approximate surface area is 229 Å². The highest BCUT2D eigenvalue weighted by molar-refractivity contribution is 7.17. The number of hydrogen-bond acceptors (Lipinski definition) is 8. The molecule has 4 rings (SSSR count). The molecule has 1 aliphatic rings. The molecule has 0 radical (unpaired) electrons. The smallest absolute Gasteiger partial charge is 0.349 e. The third kappa shape index (κ3) is 5.83. The normalized spacial score (nSPS) is 13.0. The van der Waals surface area contributed by atoms with Crippen LogP contribution in [0.25, 0.3) is 5.00 Å². The zero-order chi connectivity index (χ0) is 27.6. The number of carbonyl (C=O) groups excluding carboxylic acids is 4. The van der Waals surface area contributed by atoms with Crippen molar-refractivity contribution in [2.24, 2.45) is 0 Å². The molecule has 0 spiro atoms. The van der Waals surface area contributed by atoms with Crippen LogP contribution in [0.2, 0.25) is 0 Å². The van der Waals surface area contributed by atoms with Gasteiger partial charge in [-0.05, 0) is 83.6 Å². The van der Waals surface area contributed by atoms with E-state index in [4.69, 9.17) is 9.47 Å². The van der Waals surface area contributed by atoms with E-state index in [1.807, 2.05) is 0 Å². The van der Waals surface area contributed by atoms with Crippen molar-refractivity contribution in [2.75, 3.05) is 11.9 Å². The number of fused-ring (bicyclic) bond motifs is 1. The number of aromatic nitrogens is 1. The van der Waals surface area contributed by atoms with E-state index in [-0.39, 0.29) is 17.0 Å². The summed E-state index contributed by atoms with van der Waals surface area (Å²) in [7, 11) is 0. The van der Waals surface area contributed by atoms with Crippen molar-refractivity contribution in [3.05, 3.63) is 56.5 Å². The zero-order valence-corrected chi connectivity index (χ0v) is 23.7. The number of ether oxygens (including phenoxy) is 2. The van der Waals surface area contributed by atoms with E-state index < -0.39 is 29.5 Å². The molecule has 0 bridgehead atoms. The van der Waals surface area contributed by atoms with E-state index in [2.05, 4.69) is 10.6 Å². The number of thiophene rings is 2. The molecule has 1 aliphatic carbocycles. The number of carbonyl (C=O) groups is 4. The van der Waals surface area contributed by atoms with Crippen LogP contribution in [0.1, 0.15) is 86.9 Å². The molecule has 2 N–H and O–H groups in total. The van der Waals surface area contributed by atoms with Gasteiger partial charge < -0.3 is 14.0 Å². The van der Waals surface area contributed by atoms with Gasteiger partial charge in [0.1, 0.15) is 20.5 Å². The highest BCUT2D eigenvalue weighted by Gasteiger charge is 2.31. The second-order valence-corrected chi connectivity index (χ2v) is 12.0. The molecule has 3 amide bonds. The molecule has 0 fully saturated rings. The minimum atomic E-state index is -0.776.